The quantitative estimate of drug-likeness (QED) is 0.0667. The summed E-state index contributed by atoms with van der Waals surface area (Å²) in [5.41, 5.74) is 4.12. The number of carbonyl (C=O) groups is 4. The summed E-state index contributed by atoms with van der Waals surface area (Å²) in [4.78, 5) is 54.8. The summed E-state index contributed by atoms with van der Waals surface area (Å²) in [5, 5.41) is 9.49. The van der Waals surface area contributed by atoms with E-state index in [0.29, 0.717) is 38.3 Å². The third-order valence-electron chi connectivity index (χ3n) is 8.46. The Morgan fingerprint density at radius 3 is 2.38 bits per heavy atom. The van der Waals surface area contributed by atoms with E-state index in [1.54, 1.807) is 79.7 Å². The molecular weight excluding hydrogens is 714 g/mol. The van der Waals surface area contributed by atoms with Crippen LogP contribution in [-0.4, -0.2) is 36.1 Å². The predicted molar refractivity (Wildman–Crippen MR) is 209 cm³/mol. The van der Waals surface area contributed by atoms with Gasteiger partial charge in [-0.2, -0.15) is 0 Å². The van der Waals surface area contributed by atoms with Crippen LogP contribution in [0.3, 0.4) is 0 Å². The fourth-order valence-electron chi connectivity index (χ4n) is 5.97. The Labute approximate surface area is 315 Å². The average Bonchev–Trinajstić information content (AvgIpc) is 3.52. The maximum atomic E-state index is 13.5. The van der Waals surface area contributed by atoms with E-state index in [4.69, 9.17) is 16.3 Å². The van der Waals surface area contributed by atoms with Crippen molar-refractivity contribution >= 4 is 75.2 Å². The molecule has 6 rings (SSSR count). The van der Waals surface area contributed by atoms with Gasteiger partial charge in [-0.1, -0.05) is 84.4 Å². The molecule has 11 heteroatoms. The molecule has 0 bridgehead atoms. The molecule has 0 fully saturated rings. The van der Waals surface area contributed by atoms with Crippen LogP contribution in [0.25, 0.3) is 6.08 Å². The molecule has 5 aromatic rings. The van der Waals surface area contributed by atoms with Gasteiger partial charge in [0, 0.05) is 26.0 Å². The Morgan fingerprint density at radius 1 is 0.904 bits per heavy atom. The van der Waals surface area contributed by atoms with Crippen molar-refractivity contribution in [2.45, 2.75) is 37.0 Å². The van der Waals surface area contributed by atoms with Crippen molar-refractivity contribution in [1.29, 1.82) is 0 Å². The Bertz CT molecular complexity index is 2120. The van der Waals surface area contributed by atoms with Gasteiger partial charge < -0.3 is 20.7 Å². The lowest BCUT2D eigenvalue weighted by Gasteiger charge is -2.23. The number of carbonyl (C=O) groups excluding carboxylic acids is 4. The summed E-state index contributed by atoms with van der Waals surface area (Å²) >= 11 is 9.10. The van der Waals surface area contributed by atoms with Crippen LogP contribution in [0.1, 0.15) is 61.5 Å². The van der Waals surface area contributed by atoms with Crippen LogP contribution in [0.4, 0.5) is 10.7 Å². The molecule has 1 heterocycles. The Kier molecular flexibility index (Phi) is 12.2. The van der Waals surface area contributed by atoms with Gasteiger partial charge in [0.25, 0.3) is 11.8 Å². The van der Waals surface area contributed by atoms with E-state index in [-0.39, 0.29) is 24.0 Å². The van der Waals surface area contributed by atoms with Gasteiger partial charge in [-0.05, 0) is 91.3 Å². The van der Waals surface area contributed by atoms with Crippen LogP contribution >= 0.6 is 34.7 Å². The summed E-state index contributed by atoms with van der Waals surface area (Å²) in [6, 6.07) is 33.0. The monoisotopic (exact) mass is 749 g/mol. The van der Waals surface area contributed by atoms with E-state index in [2.05, 4.69) is 28.1 Å². The molecular formula is C41H36ClN3O5S2. The molecule has 52 heavy (non-hydrogen) atoms. The molecule has 0 saturated heterocycles. The minimum absolute atomic E-state index is 0.00512. The second-order valence-electron chi connectivity index (χ2n) is 12.0. The van der Waals surface area contributed by atoms with E-state index in [1.807, 2.05) is 24.3 Å². The number of esters is 1. The van der Waals surface area contributed by atoms with Gasteiger partial charge in [0.05, 0.1) is 17.9 Å². The molecule has 0 spiro atoms. The summed E-state index contributed by atoms with van der Waals surface area (Å²) < 4.78 is 5.40. The minimum atomic E-state index is -0.549. The zero-order valence-corrected chi connectivity index (χ0v) is 30.7. The highest BCUT2D eigenvalue weighted by atomic mass is 35.5. The summed E-state index contributed by atoms with van der Waals surface area (Å²) in [7, 11) is 0. The van der Waals surface area contributed by atoms with Gasteiger partial charge in [-0.3, -0.25) is 14.4 Å². The van der Waals surface area contributed by atoms with E-state index >= 15 is 0 Å². The van der Waals surface area contributed by atoms with Crippen molar-refractivity contribution in [2.24, 2.45) is 0 Å². The number of ether oxygens (including phenoxy) is 1. The maximum absolute atomic E-state index is 13.5. The third kappa shape index (κ3) is 9.19. The number of hydrogen-bond donors (Lipinski definition) is 3. The van der Waals surface area contributed by atoms with Crippen molar-refractivity contribution in [2.75, 3.05) is 23.0 Å². The molecule has 1 atom stereocenters. The molecule has 0 radical (unpaired) electrons. The standard InChI is InChI=1S/C41H36ClN3O5S2/c1-2-50-41(49)37-32-21-20-28(26-12-5-3-6-13-26)23-35(32)52-40(37)45-36(46)25-51-31-18-11-17-30(24-31)43-39(48)34(22-29-16-9-10-19-33(29)42)44-38(47)27-14-7-4-8-15-27/h3-19,22,24,28H,2,20-21,23,25H2,1H3,(H,43,48)(H,44,47)(H,45,46)/b34-22+. The Morgan fingerprint density at radius 2 is 1.63 bits per heavy atom. The number of anilines is 2. The lowest BCUT2D eigenvalue weighted by atomic mass is 9.83. The molecule has 1 aliphatic carbocycles. The number of rotatable bonds is 12. The number of hydrogen-bond acceptors (Lipinski definition) is 7. The first-order valence-corrected chi connectivity index (χ1v) is 19.0. The number of amides is 3. The molecule has 8 nitrogen and oxygen atoms in total. The second-order valence-corrected chi connectivity index (χ2v) is 14.6. The number of benzene rings is 4. The topological polar surface area (TPSA) is 114 Å². The van der Waals surface area contributed by atoms with Crippen molar-refractivity contribution in [1.82, 2.24) is 5.32 Å². The van der Waals surface area contributed by atoms with Gasteiger partial charge >= 0.3 is 5.97 Å². The Balaban J connectivity index is 1.13. The number of thiophene rings is 1. The zero-order chi connectivity index (χ0) is 36.5. The first kappa shape index (κ1) is 36.6. The highest BCUT2D eigenvalue weighted by molar-refractivity contribution is 8.00. The normalized spacial score (nSPS) is 13.8. The summed E-state index contributed by atoms with van der Waals surface area (Å²) in [5.74, 6) is -1.27. The molecule has 3 amide bonds. The van der Waals surface area contributed by atoms with Crippen LogP contribution < -0.4 is 16.0 Å². The van der Waals surface area contributed by atoms with E-state index in [9.17, 15) is 19.2 Å². The summed E-state index contributed by atoms with van der Waals surface area (Å²) in [6.45, 7) is 2.01. The van der Waals surface area contributed by atoms with E-state index < -0.39 is 17.8 Å². The first-order chi connectivity index (χ1) is 25.3. The van der Waals surface area contributed by atoms with Crippen LogP contribution in [0.15, 0.2) is 120 Å². The highest BCUT2D eigenvalue weighted by Crippen LogP contribution is 2.43. The molecule has 1 aliphatic rings. The van der Waals surface area contributed by atoms with Gasteiger partial charge in [0.2, 0.25) is 5.91 Å². The fourth-order valence-corrected chi connectivity index (χ4v) is 8.24. The number of halogens is 1. The van der Waals surface area contributed by atoms with E-state index in [1.165, 1.54) is 34.7 Å². The molecule has 1 unspecified atom stereocenters. The first-order valence-electron chi connectivity index (χ1n) is 16.8. The maximum Gasteiger partial charge on any atom is 0.341 e. The molecule has 3 N–H and O–H groups in total. The van der Waals surface area contributed by atoms with Crippen LogP contribution in [0.5, 0.6) is 0 Å². The number of fused-ring (bicyclic) bond motifs is 1. The van der Waals surface area contributed by atoms with Crippen molar-refractivity contribution in [3.8, 4) is 0 Å². The predicted octanol–water partition coefficient (Wildman–Crippen LogP) is 8.99. The molecule has 264 valence electrons. The molecule has 1 aromatic heterocycles. The SMILES string of the molecule is CCOC(=O)c1c(NC(=O)CSc2cccc(NC(=O)/C(=C\c3ccccc3Cl)NC(=O)c3ccccc3)c2)sc2c1CCC(c1ccccc1)C2. The zero-order valence-electron chi connectivity index (χ0n) is 28.3. The van der Waals surface area contributed by atoms with Gasteiger partial charge in [0.1, 0.15) is 10.7 Å². The van der Waals surface area contributed by atoms with Gasteiger partial charge in [-0.15, -0.1) is 23.1 Å². The van der Waals surface area contributed by atoms with Gasteiger partial charge in [0.15, 0.2) is 0 Å². The lowest BCUT2D eigenvalue weighted by molar-refractivity contribution is -0.114. The molecule has 4 aromatic carbocycles. The highest BCUT2D eigenvalue weighted by Gasteiger charge is 2.31. The Hall–Kier alpha value is -5.16. The molecule has 0 aliphatic heterocycles. The number of thioether (sulfide) groups is 1. The summed E-state index contributed by atoms with van der Waals surface area (Å²) in [6.07, 6.45) is 3.96. The smallest absolute Gasteiger partial charge is 0.341 e. The van der Waals surface area contributed by atoms with Crippen LogP contribution in [0.2, 0.25) is 5.02 Å². The number of nitrogens with one attached hydrogen (secondary N) is 3. The van der Waals surface area contributed by atoms with Gasteiger partial charge in [-0.25, -0.2) is 4.79 Å². The third-order valence-corrected chi connectivity index (χ3v) is 11.0. The average molecular weight is 750 g/mol. The van der Waals surface area contributed by atoms with Crippen molar-refractivity contribution in [3.63, 3.8) is 0 Å². The largest absolute Gasteiger partial charge is 0.462 e. The minimum Gasteiger partial charge on any atom is -0.462 e. The van der Waals surface area contributed by atoms with Crippen molar-refractivity contribution in [3.05, 3.63) is 153 Å². The van der Waals surface area contributed by atoms with E-state index in [0.717, 1.165) is 34.6 Å². The van der Waals surface area contributed by atoms with Crippen LogP contribution in [0, 0.1) is 0 Å². The lowest BCUT2D eigenvalue weighted by Crippen LogP contribution is -2.30. The van der Waals surface area contributed by atoms with Crippen LogP contribution in [-0.2, 0) is 27.2 Å². The van der Waals surface area contributed by atoms with Crippen molar-refractivity contribution < 1.29 is 23.9 Å². The fraction of sp³-hybridized carbons (Fsp3) is 0.171. The second kappa shape index (κ2) is 17.4. The molecule has 0 saturated carbocycles.